The Morgan fingerprint density at radius 2 is 1.72 bits per heavy atom. The third kappa shape index (κ3) is 4.82. The number of aryl methyl sites for hydroxylation is 1. The number of carbonyl (C=O) groups is 2. The lowest BCUT2D eigenvalue weighted by Crippen LogP contribution is -2.23. The van der Waals surface area contributed by atoms with Crippen LogP contribution >= 0.6 is 0 Å². The van der Waals surface area contributed by atoms with Crippen LogP contribution in [-0.2, 0) is 16.0 Å². The normalized spacial score (nSPS) is 9.80. The van der Waals surface area contributed by atoms with Crippen LogP contribution in [0.5, 0.6) is 11.5 Å². The first-order chi connectivity index (χ1) is 12.1. The molecule has 6 nitrogen and oxygen atoms in total. The van der Waals surface area contributed by atoms with Gasteiger partial charge in [0.15, 0.2) is 11.5 Å². The number of nitrogens with zero attached hydrogens (tertiary/aromatic N) is 1. The van der Waals surface area contributed by atoms with Crippen molar-refractivity contribution >= 4 is 17.4 Å². The Hall–Kier alpha value is -3.33. The molecule has 0 bridgehead atoms. The molecule has 0 radical (unpaired) electrons. The molecule has 1 N–H and O–H groups in total. The molecule has 0 saturated carbocycles. The van der Waals surface area contributed by atoms with E-state index in [1.54, 1.807) is 43.5 Å². The highest BCUT2D eigenvalue weighted by Gasteiger charge is 2.14. The molecule has 0 aliphatic heterocycles. The fraction of sp³-hybridized carbons (Fsp3) is 0.211. The molecule has 0 aliphatic rings. The maximum atomic E-state index is 12.0. The number of methoxy groups -OCH3 is 2. The van der Waals surface area contributed by atoms with Gasteiger partial charge in [-0.25, -0.2) is 0 Å². The minimum atomic E-state index is -0.676. The van der Waals surface area contributed by atoms with Crippen molar-refractivity contribution < 1.29 is 19.1 Å². The molecule has 2 rings (SSSR count). The van der Waals surface area contributed by atoms with Crippen molar-refractivity contribution in [2.24, 2.45) is 0 Å². The molecule has 0 fully saturated rings. The van der Waals surface area contributed by atoms with Gasteiger partial charge in [0.05, 0.1) is 25.9 Å². The number of Topliss-reactive ketones (excluding diaryl/α,β-unsaturated/α-hetero) is 1. The Labute approximate surface area is 146 Å². The first kappa shape index (κ1) is 18.0. The van der Waals surface area contributed by atoms with Crippen LogP contribution in [0.4, 0.5) is 5.69 Å². The summed E-state index contributed by atoms with van der Waals surface area (Å²) in [7, 11) is 3.09. The lowest BCUT2D eigenvalue weighted by atomic mass is 10.1. The number of hydrogen-bond donors (Lipinski definition) is 1. The zero-order valence-corrected chi connectivity index (χ0v) is 14.0. The quantitative estimate of drug-likeness (QED) is 0.784. The minimum Gasteiger partial charge on any atom is -0.493 e. The van der Waals surface area contributed by atoms with E-state index < -0.39 is 11.7 Å². The third-order valence-electron chi connectivity index (χ3n) is 3.61. The topological polar surface area (TPSA) is 88.4 Å². The monoisotopic (exact) mass is 338 g/mol. The number of anilines is 1. The van der Waals surface area contributed by atoms with E-state index in [9.17, 15) is 9.59 Å². The van der Waals surface area contributed by atoms with Crippen molar-refractivity contribution in [3.8, 4) is 17.6 Å². The molecule has 0 unspecified atom stereocenters. The first-order valence-corrected chi connectivity index (χ1v) is 7.62. The lowest BCUT2D eigenvalue weighted by Gasteiger charge is -2.09. The number of nitriles is 1. The van der Waals surface area contributed by atoms with Gasteiger partial charge in [-0.1, -0.05) is 6.07 Å². The third-order valence-corrected chi connectivity index (χ3v) is 3.61. The number of benzene rings is 2. The Kier molecular flexibility index (Phi) is 6.13. The highest BCUT2D eigenvalue weighted by Crippen LogP contribution is 2.28. The second-order valence-corrected chi connectivity index (χ2v) is 5.26. The molecule has 25 heavy (non-hydrogen) atoms. The fourth-order valence-corrected chi connectivity index (χ4v) is 2.24. The number of ether oxygens (including phenoxy) is 2. The molecular weight excluding hydrogens is 320 g/mol. The zero-order chi connectivity index (χ0) is 18.2. The van der Waals surface area contributed by atoms with Crippen molar-refractivity contribution in [1.82, 2.24) is 0 Å². The number of amides is 1. The summed E-state index contributed by atoms with van der Waals surface area (Å²) >= 11 is 0. The first-order valence-electron chi connectivity index (χ1n) is 7.62. The van der Waals surface area contributed by atoms with E-state index in [0.717, 1.165) is 5.56 Å². The van der Waals surface area contributed by atoms with E-state index in [2.05, 4.69) is 5.32 Å². The van der Waals surface area contributed by atoms with Gasteiger partial charge in [0, 0.05) is 12.1 Å². The van der Waals surface area contributed by atoms with Crippen LogP contribution in [0.25, 0.3) is 0 Å². The molecule has 1 amide bonds. The van der Waals surface area contributed by atoms with Gasteiger partial charge in [-0.15, -0.1) is 0 Å². The molecule has 6 heteroatoms. The van der Waals surface area contributed by atoms with Gasteiger partial charge in [0.2, 0.25) is 5.78 Å². The average molecular weight is 338 g/mol. The van der Waals surface area contributed by atoms with Gasteiger partial charge in [-0.05, 0) is 48.4 Å². The summed E-state index contributed by atoms with van der Waals surface area (Å²) in [6, 6.07) is 13.7. The molecule has 0 aromatic heterocycles. The van der Waals surface area contributed by atoms with Gasteiger partial charge in [0.1, 0.15) is 0 Å². The van der Waals surface area contributed by atoms with Gasteiger partial charge in [0.25, 0.3) is 5.91 Å². The van der Waals surface area contributed by atoms with Crippen LogP contribution in [0.1, 0.15) is 17.5 Å². The molecule has 0 atom stereocenters. The lowest BCUT2D eigenvalue weighted by molar-refractivity contribution is -0.134. The van der Waals surface area contributed by atoms with E-state index in [1.165, 1.54) is 7.11 Å². The summed E-state index contributed by atoms with van der Waals surface area (Å²) in [6.07, 6.45) is 0.498. The van der Waals surface area contributed by atoms with E-state index in [0.29, 0.717) is 29.2 Å². The van der Waals surface area contributed by atoms with Crippen molar-refractivity contribution in [2.45, 2.75) is 12.8 Å². The van der Waals surface area contributed by atoms with Crippen molar-refractivity contribution in [3.63, 3.8) is 0 Å². The number of rotatable bonds is 7. The molecule has 0 aliphatic carbocycles. The zero-order valence-electron chi connectivity index (χ0n) is 14.0. The van der Waals surface area contributed by atoms with Crippen LogP contribution in [0.3, 0.4) is 0 Å². The number of nitrogens with one attached hydrogen (secondary N) is 1. The SMILES string of the molecule is COc1ccc(CCC(=O)C(=O)Nc2ccc(C#N)cc2)cc1OC. The summed E-state index contributed by atoms with van der Waals surface area (Å²) < 4.78 is 10.4. The minimum absolute atomic E-state index is 0.0809. The standard InChI is InChI=1S/C19H18N2O4/c1-24-17-10-6-13(11-18(17)25-2)5-9-16(22)19(23)21-15-7-3-14(12-20)4-8-15/h3-4,6-8,10-11H,5,9H2,1-2H3,(H,21,23). The van der Waals surface area contributed by atoms with E-state index >= 15 is 0 Å². The smallest absolute Gasteiger partial charge is 0.291 e. The van der Waals surface area contributed by atoms with Crippen LogP contribution in [0.2, 0.25) is 0 Å². The van der Waals surface area contributed by atoms with Gasteiger partial charge >= 0.3 is 0 Å². The summed E-state index contributed by atoms with van der Waals surface area (Å²) in [4.78, 5) is 23.9. The number of hydrogen-bond acceptors (Lipinski definition) is 5. The van der Waals surface area contributed by atoms with Gasteiger partial charge < -0.3 is 14.8 Å². The summed E-state index contributed by atoms with van der Waals surface area (Å²) in [5.41, 5.74) is 1.83. The Bertz CT molecular complexity index is 807. The Morgan fingerprint density at radius 3 is 2.32 bits per heavy atom. The van der Waals surface area contributed by atoms with E-state index in [-0.39, 0.29) is 6.42 Å². The summed E-state index contributed by atoms with van der Waals surface area (Å²) in [6.45, 7) is 0. The summed E-state index contributed by atoms with van der Waals surface area (Å²) in [5, 5.41) is 11.3. The predicted octanol–water partition coefficient (Wildman–Crippen LogP) is 2.72. The Morgan fingerprint density at radius 1 is 1.04 bits per heavy atom. The van der Waals surface area contributed by atoms with Gasteiger partial charge in [-0.2, -0.15) is 5.26 Å². The van der Waals surface area contributed by atoms with Crippen LogP contribution < -0.4 is 14.8 Å². The number of ketones is 1. The van der Waals surface area contributed by atoms with Crippen LogP contribution in [0, 0.1) is 11.3 Å². The molecule has 128 valence electrons. The van der Waals surface area contributed by atoms with Crippen molar-refractivity contribution in [2.75, 3.05) is 19.5 Å². The maximum absolute atomic E-state index is 12.0. The van der Waals surface area contributed by atoms with E-state index in [1.807, 2.05) is 12.1 Å². The van der Waals surface area contributed by atoms with Gasteiger partial charge in [-0.3, -0.25) is 9.59 Å². The van der Waals surface area contributed by atoms with Crippen LogP contribution in [-0.4, -0.2) is 25.9 Å². The second-order valence-electron chi connectivity index (χ2n) is 5.26. The molecular formula is C19H18N2O4. The molecule has 0 saturated heterocycles. The van der Waals surface area contributed by atoms with E-state index in [4.69, 9.17) is 14.7 Å². The predicted molar refractivity (Wildman–Crippen MR) is 92.7 cm³/mol. The van der Waals surface area contributed by atoms with Crippen LogP contribution in [0.15, 0.2) is 42.5 Å². The second kappa shape index (κ2) is 8.50. The highest BCUT2D eigenvalue weighted by atomic mass is 16.5. The largest absolute Gasteiger partial charge is 0.493 e. The molecule has 2 aromatic rings. The highest BCUT2D eigenvalue weighted by molar-refractivity contribution is 6.40. The van der Waals surface area contributed by atoms with Crippen molar-refractivity contribution in [3.05, 3.63) is 53.6 Å². The number of carbonyl (C=O) groups excluding carboxylic acids is 2. The fourth-order valence-electron chi connectivity index (χ4n) is 2.24. The van der Waals surface area contributed by atoms with Crippen molar-refractivity contribution in [1.29, 1.82) is 5.26 Å². The summed E-state index contributed by atoms with van der Waals surface area (Å²) in [5.74, 6) is -0.00468. The average Bonchev–Trinajstić information content (AvgIpc) is 2.66. The maximum Gasteiger partial charge on any atom is 0.291 e. The molecule has 0 spiro atoms. The molecule has 2 aromatic carbocycles. The Balaban J connectivity index is 1.93. The molecule has 0 heterocycles.